The van der Waals surface area contributed by atoms with Crippen LogP contribution in [0.25, 0.3) is 5.76 Å². The first-order valence-corrected chi connectivity index (χ1v) is 12.2. The predicted molar refractivity (Wildman–Crippen MR) is 141 cm³/mol. The molecule has 0 bridgehead atoms. The van der Waals surface area contributed by atoms with Gasteiger partial charge in [0.2, 0.25) is 0 Å². The molecule has 1 aromatic heterocycles. The number of nitrogens with zero attached hydrogens (tertiary/aromatic N) is 2. The Balaban J connectivity index is 1.81. The number of benzene rings is 2. The van der Waals surface area contributed by atoms with Crippen LogP contribution in [-0.2, 0) is 9.59 Å². The molecule has 1 aliphatic heterocycles. The molecule has 4 rings (SSSR count). The van der Waals surface area contributed by atoms with Crippen molar-refractivity contribution in [3.63, 3.8) is 0 Å². The number of anilines is 1. The quantitative estimate of drug-likeness (QED) is 0.246. The van der Waals surface area contributed by atoms with E-state index in [0.29, 0.717) is 35.3 Å². The molecule has 1 fully saturated rings. The first-order chi connectivity index (χ1) is 17.2. The minimum absolute atomic E-state index is 0.0504. The highest BCUT2D eigenvalue weighted by molar-refractivity contribution is 6.51. The molecule has 6 heteroatoms. The molecule has 1 aliphatic rings. The Kier molecular flexibility index (Phi) is 7.25. The third kappa shape index (κ3) is 4.89. The van der Waals surface area contributed by atoms with E-state index < -0.39 is 17.7 Å². The van der Waals surface area contributed by atoms with Crippen molar-refractivity contribution in [3.05, 3.63) is 94.8 Å². The summed E-state index contributed by atoms with van der Waals surface area (Å²) in [7, 11) is 0. The molecule has 1 amide bonds. The van der Waals surface area contributed by atoms with Gasteiger partial charge in [-0.3, -0.25) is 19.5 Å². The van der Waals surface area contributed by atoms with Crippen LogP contribution in [0.15, 0.2) is 72.6 Å². The Labute approximate surface area is 212 Å². The van der Waals surface area contributed by atoms with Crippen LogP contribution < -0.4 is 9.64 Å². The standard InChI is InChI=1S/C30H32N2O4/c1-18(2)17-36-25-11-8-23(16-20(25)5)28(33)26-27(22-12-14-31-15-13-22)32(30(35)29(26)34)24-9-6-21(7-10-24)19(3)4/h6-16,18-19,27,33H,17H2,1-5H3/b28-26-. The molecule has 2 heterocycles. The number of ether oxygens (including phenoxy) is 1. The number of aromatic nitrogens is 1. The van der Waals surface area contributed by atoms with Crippen LogP contribution in [-0.4, -0.2) is 28.4 Å². The molecule has 1 saturated heterocycles. The zero-order valence-electron chi connectivity index (χ0n) is 21.4. The van der Waals surface area contributed by atoms with Gasteiger partial charge >= 0.3 is 0 Å². The van der Waals surface area contributed by atoms with Crippen molar-refractivity contribution in [3.8, 4) is 5.75 Å². The van der Waals surface area contributed by atoms with Crippen LogP contribution >= 0.6 is 0 Å². The third-order valence-corrected chi connectivity index (χ3v) is 6.32. The zero-order valence-corrected chi connectivity index (χ0v) is 21.4. The van der Waals surface area contributed by atoms with E-state index in [1.165, 1.54) is 4.90 Å². The minimum Gasteiger partial charge on any atom is -0.507 e. The maximum atomic E-state index is 13.3. The first-order valence-electron chi connectivity index (χ1n) is 12.2. The number of aliphatic hydroxyl groups is 1. The Bertz CT molecular complexity index is 1290. The van der Waals surface area contributed by atoms with E-state index in [9.17, 15) is 14.7 Å². The van der Waals surface area contributed by atoms with Gasteiger partial charge in [-0.25, -0.2) is 0 Å². The highest BCUT2D eigenvalue weighted by Gasteiger charge is 2.47. The molecule has 3 aromatic rings. The summed E-state index contributed by atoms with van der Waals surface area (Å²) >= 11 is 0. The predicted octanol–water partition coefficient (Wildman–Crippen LogP) is 6.17. The van der Waals surface area contributed by atoms with Gasteiger partial charge < -0.3 is 9.84 Å². The summed E-state index contributed by atoms with van der Waals surface area (Å²) in [5.41, 5.74) is 3.75. The maximum Gasteiger partial charge on any atom is 0.300 e. The fourth-order valence-electron chi connectivity index (χ4n) is 4.35. The lowest BCUT2D eigenvalue weighted by molar-refractivity contribution is -0.132. The fourth-order valence-corrected chi connectivity index (χ4v) is 4.35. The van der Waals surface area contributed by atoms with Gasteiger partial charge in [-0.2, -0.15) is 0 Å². The highest BCUT2D eigenvalue weighted by Crippen LogP contribution is 2.42. The van der Waals surface area contributed by atoms with Crippen LogP contribution in [0.1, 0.15) is 61.9 Å². The number of carbonyl (C=O) groups excluding carboxylic acids is 2. The van der Waals surface area contributed by atoms with Crippen molar-refractivity contribution in [2.45, 2.75) is 46.6 Å². The number of hydrogen-bond donors (Lipinski definition) is 1. The second-order valence-electron chi connectivity index (χ2n) is 9.88. The number of hydrogen-bond acceptors (Lipinski definition) is 5. The van der Waals surface area contributed by atoms with E-state index in [1.54, 1.807) is 42.7 Å². The lowest BCUT2D eigenvalue weighted by atomic mass is 9.95. The summed E-state index contributed by atoms with van der Waals surface area (Å²) in [6.45, 7) is 10.8. The molecule has 0 spiro atoms. The van der Waals surface area contributed by atoms with Gasteiger partial charge in [-0.05, 0) is 77.9 Å². The summed E-state index contributed by atoms with van der Waals surface area (Å²) in [6.07, 6.45) is 3.23. The van der Waals surface area contributed by atoms with Crippen LogP contribution in [0, 0.1) is 12.8 Å². The number of Topliss-reactive ketones (excluding diaryl/α,β-unsaturated/α-hetero) is 1. The van der Waals surface area contributed by atoms with Crippen molar-refractivity contribution in [2.24, 2.45) is 5.92 Å². The normalized spacial score (nSPS) is 17.3. The topological polar surface area (TPSA) is 79.7 Å². The number of amides is 1. The molecule has 36 heavy (non-hydrogen) atoms. The summed E-state index contributed by atoms with van der Waals surface area (Å²) in [4.78, 5) is 32.2. The lowest BCUT2D eigenvalue weighted by Crippen LogP contribution is -2.29. The van der Waals surface area contributed by atoms with Gasteiger partial charge in [-0.1, -0.05) is 39.8 Å². The second-order valence-corrected chi connectivity index (χ2v) is 9.88. The molecular weight excluding hydrogens is 452 g/mol. The van der Waals surface area contributed by atoms with E-state index in [1.807, 2.05) is 31.2 Å². The molecule has 2 aromatic carbocycles. The van der Waals surface area contributed by atoms with E-state index >= 15 is 0 Å². The molecule has 0 saturated carbocycles. The number of rotatable bonds is 7. The molecule has 0 aliphatic carbocycles. The van der Waals surface area contributed by atoms with E-state index in [2.05, 4.69) is 32.7 Å². The average molecular weight is 485 g/mol. The van der Waals surface area contributed by atoms with Crippen molar-refractivity contribution >= 4 is 23.1 Å². The summed E-state index contributed by atoms with van der Waals surface area (Å²) in [6, 6.07) is 15.6. The minimum atomic E-state index is -0.782. The van der Waals surface area contributed by atoms with Gasteiger partial charge in [0.1, 0.15) is 11.5 Å². The molecule has 1 N–H and O–H groups in total. The Morgan fingerprint density at radius 1 is 1.00 bits per heavy atom. The molecule has 1 atom stereocenters. The van der Waals surface area contributed by atoms with Crippen molar-refractivity contribution in [2.75, 3.05) is 11.5 Å². The smallest absolute Gasteiger partial charge is 0.300 e. The Morgan fingerprint density at radius 3 is 2.25 bits per heavy atom. The van der Waals surface area contributed by atoms with Gasteiger partial charge in [0.25, 0.3) is 11.7 Å². The van der Waals surface area contributed by atoms with Crippen LogP contribution in [0.3, 0.4) is 0 Å². The number of aryl methyl sites for hydroxylation is 1. The van der Waals surface area contributed by atoms with Gasteiger partial charge in [0.05, 0.1) is 18.2 Å². The number of pyridine rings is 1. The largest absolute Gasteiger partial charge is 0.507 e. The molecular formula is C30H32N2O4. The van der Waals surface area contributed by atoms with Crippen LogP contribution in [0.5, 0.6) is 5.75 Å². The van der Waals surface area contributed by atoms with Crippen molar-refractivity contribution in [1.82, 2.24) is 4.98 Å². The molecule has 6 nitrogen and oxygen atoms in total. The second kappa shape index (κ2) is 10.4. The maximum absolute atomic E-state index is 13.3. The zero-order chi connectivity index (χ0) is 26.0. The lowest BCUT2D eigenvalue weighted by Gasteiger charge is -2.25. The van der Waals surface area contributed by atoms with Crippen molar-refractivity contribution < 1.29 is 19.4 Å². The van der Waals surface area contributed by atoms with Crippen molar-refractivity contribution in [1.29, 1.82) is 0 Å². The first kappa shape index (κ1) is 25.2. The molecule has 0 radical (unpaired) electrons. The Morgan fingerprint density at radius 2 is 1.67 bits per heavy atom. The molecule has 1 unspecified atom stereocenters. The summed E-state index contributed by atoms with van der Waals surface area (Å²) in [5, 5.41) is 11.4. The van der Waals surface area contributed by atoms with Gasteiger partial charge in [0.15, 0.2) is 0 Å². The monoisotopic (exact) mass is 484 g/mol. The van der Waals surface area contributed by atoms with E-state index in [4.69, 9.17) is 4.74 Å². The van der Waals surface area contributed by atoms with Gasteiger partial charge in [-0.15, -0.1) is 0 Å². The SMILES string of the molecule is Cc1cc(/C(O)=C2/C(=O)C(=O)N(c3ccc(C(C)C)cc3)C2c2ccncc2)ccc1OCC(C)C. The Hall–Kier alpha value is -3.93. The van der Waals surface area contributed by atoms with E-state index in [-0.39, 0.29) is 11.3 Å². The summed E-state index contributed by atoms with van der Waals surface area (Å²) < 4.78 is 5.85. The van der Waals surface area contributed by atoms with Gasteiger partial charge in [0, 0.05) is 23.6 Å². The van der Waals surface area contributed by atoms with Crippen LogP contribution in [0.2, 0.25) is 0 Å². The average Bonchev–Trinajstić information content (AvgIpc) is 3.13. The van der Waals surface area contributed by atoms with E-state index in [0.717, 1.165) is 16.9 Å². The number of ketones is 1. The third-order valence-electron chi connectivity index (χ3n) is 6.32. The summed E-state index contributed by atoms with van der Waals surface area (Å²) in [5.74, 6) is -0.180. The highest BCUT2D eigenvalue weighted by atomic mass is 16.5. The number of carbonyl (C=O) groups is 2. The van der Waals surface area contributed by atoms with Crippen LogP contribution in [0.4, 0.5) is 5.69 Å². The molecule has 186 valence electrons. The number of aliphatic hydroxyl groups excluding tert-OH is 1. The fraction of sp³-hybridized carbons (Fsp3) is 0.300.